The van der Waals surface area contributed by atoms with Gasteiger partial charge in [-0.15, -0.1) is 0 Å². The minimum absolute atomic E-state index is 0.0548. The molecule has 0 unspecified atom stereocenters. The predicted octanol–water partition coefficient (Wildman–Crippen LogP) is 2.58. The van der Waals surface area contributed by atoms with Gasteiger partial charge in [0.15, 0.2) is 5.78 Å². The monoisotopic (exact) mass is 263 g/mol. The molecule has 4 heteroatoms. The molecule has 0 heterocycles. The minimum Gasteiger partial charge on any atom is -0.496 e. The first-order valence-electron chi connectivity index (χ1n) is 6.36. The molecule has 0 bridgehead atoms. The Labute approximate surface area is 113 Å². The zero-order valence-corrected chi connectivity index (χ0v) is 11.9. The molecule has 0 fully saturated rings. The fraction of sp³-hybridized carbons (Fsp3) is 0.467. The Kier molecular flexibility index (Phi) is 5.10. The molecule has 4 nitrogen and oxygen atoms in total. The second-order valence-corrected chi connectivity index (χ2v) is 4.95. The van der Waals surface area contributed by atoms with Crippen molar-refractivity contribution in [1.82, 2.24) is 0 Å². The SMILES string of the molecule is COc1cc(C)c(C(=O)CCC(N)=O)cc1C(C)C. The quantitative estimate of drug-likeness (QED) is 0.802. The molecule has 0 spiro atoms. The minimum atomic E-state index is -0.455. The number of primary amides is 1. The van der Waals surface area contributed by atoms with Crippen LogP contribution in [0.25, 0.3) is 0 Å². The highest BCUT2D eigenvalue weighted by atomic mass is 16.5. The first kappa shape index (κ1) is 15.2. The number of carbonyl (C=O) groups is 2. The third-order valence-corrected chi connectivity index (χ3v) is 3.10. The van der Waals surface area contributed by atoms with E-state index < -0.39 is 5.91 Å². The van der Waals surface area contributed by atoms with Gasteiger partial charge in [0.1, 0.15) is 5.75 Å². The number of methoxy groups -OCH3 is 1. The van der Waals surface area contributed by atoms with Crippen LogP contribution >= 0.6 is 0 Å². The summed E-state index contributed by atoms with van der Waals surface area (Å²) in [5.74, 6) is 0.543. The molecule has 104 valence electrons. The molecule has 1 amide bonds. The van der Waals surface area contributed by atoms with E-state index in [-0.39, 0.29) is 24.5 Å². The van der Waals surface area contributed by atoms with E-state index in [1.165, 1.54) is 0 Å². The van der Waals surface area contributed by atoms with Crippen LogP contribution in [0.1, 0.15) is 54.1 Å². The molecular formula is C15H21NO3. The molecule has 0 aliphatic heterocycles. The molecule has 0 saturated carbocycles. The number of ketones is 1. The number of Topliss-reactive ketones (excluding diaryl/α,β-unsaturated/α-hetero) is 1. The topological polar surface area (TPSA) is 69.4 Å². The van der Waals surface area contributed by atoms with Crippen molar-refractivity contribution in [1.29, 1.82) is 0 Å². The van der Waals surface area contributed by atoms with Crippen molar-refractivity contribution in [3.63, 3.8) is 0 Å². The summed E-state index contributed by atoms with van der Waals surface area (Å²) in [6.07, 6.45) is 0.237. The van der Waals surface area contributed by atoms with E-state index in [0.29, 0.717) is 5.56 Å². The number of amides is 1. The molecule has 0 aromatic heterocycles. The molecule has 1 aromatic carbocycles. The smallest absolute Gasteiger partial charge is 0.217 e. The summed E-state index contributed by atoms with van der Waals surface area (Å²) in [5.41, 5.74) is 7.57. The largest absolute Gasteiger partial charge is 0.496 e. The number of nitrogens with two attached hydrogens (primary N) is 1. The van der Waals surface area contributed by atoms with Crippen molar-refractivity contribution >= 4 is 11.7 Å². The highest BCUT2D eigenvalue weighted by molar-refractivity contribution is 5.99. The van der Waals surface area contributed by atoms with E-state index in [1.54, 1.807) is 7.11 Å². The van der Waals surface area contributed by atoms with E-state index in [9.17, 15) is 9.59 Å². The lowest BCUT2D eigenvalue weighted by Crippen LogP contribution is -2.13. The van der Waals surface area contributed by atoms with E-state index in [4.69, 9.17) is 10.5 Å². The summed E-state index contributed by atoms with van der Waals surface area (Å²) in [5, 5.41) is 0. The van der Waals surface area contributed by atoms with E-state index in [2.05, 4.69) is 0 Å². The fourth-order valence-electron chi connectivity index (χ4n) is 2.00. The molecule has 1 rings (SSSR count). The third-order valence-electron chi connectivity index (χ3n) is 3.10. The number of aryl methyl sites for hydroxylation is 1. The Balaban J connectivity index is 3.10. The van der Waals surface area contributed by atoms with Crippen LogP contribution in [0.2, 0.25) is 0 Å². The Morgan fingerprint density at radius 1 is 1.26 bits per heavy atom. The molecule has 2 N–H and O–H groups in total. The number of rotatable bonds is 6. The van der Waals surface area contributed by atoms with Crippen LogP contribution in [0.3, 0.4) is 0 Å². The normalized spacial score (nSPS) is 10.6. The fourth-order valence-corrected chi connectivity index (χ4v) is 2.00. The van der Waals surface area contributed by atoms with Gasteiger partial charge in [0, 0.05) is 18.4 Å². The summed E-state index contributed by atoms with van der Waals surface area (Å²) in [7, 11) is 1.62. The summed E-state index contributed by atoms with van der Waals surface area (Å²) >= 11 is 0. The molecule has 19 heavy (non-hydrogen) atoms. The lowest BCUT2D eigenvalue weighted by Gasteiger charge is -2.15. The van der Waals surface area contributed by atoms with Crippen LogP contribution in [0.4, 0.5) is 0 Å². The van der Waals surface area contributed by atoms with Crippen LogP contribution < -0.4 is 10.5 Å². The van der Waals surface area contributed by atoms with Crippen LogP contribution in [0.15, 0.2) is 12.1 Å². The van der Waals surface area contributed by atoms with Gasteiger partial charge in [-0.2, -0.15) is 0 Å². The third kappa shape index (κ3) is 3.81. The maximum atomic E-state index is 12.1. The second kappa shape index (κ2) is 6.36. The lowest BCUT2D eigenvalue weighted by molar-refractivity contribution is -0.118. The Hall–Kier alpha value is -1.84. The number of ether oxygens (including phenoxy) is 1. The van der Waals surface area contributed by atoms with Gasteiger partial charge in [0.05, 0.1) is 7.11 Å². The average Bonchev–Trinajstić information content (AvgIpc) is 2.34. The standard InChI is InChI=1S/C15H21NO3/c1-9(2)11-8-12(10(3)7-14(11)19-4)13(17)5-6-15(16)18/h7-9H,5-6H2,1-4H3,(H2,16,18). The summed E-state index contributed by atoms with van der Waals surface area (Å²) in [6, 6.07) is 3.73. The number of benzene rings is 1. The summed E-state index contributed by atoms with van der Waals surface area (Å²) in [4.78, 5) is 22.8. The Morgan fingerprint density at radius 2 is 1.89 bits per heavy atom. The zero-order valence-electron chi connectivity index (χ0n) is 11.9. The molecule has 0 radical (unpaired) electrons. The molecule has 0 aliphatic rings. The second-order valence-electron chi connectivity index (χ2n) is 4.95. The summed E-state index contributed by atoms with van der Waals surface area (Å²) < 4.78 is 5.33. The van der Waals surface area contributed by atoms with Gasteiger partial charge in [0.2, 0.25) is 5.91 Å². The number of carbonyl (C=O) groups excluding carboxylic acids is 2. The van der Waals surface area contributed by atoms with Crippen molar-refractivity contribution in [3.8, 4) is 5.75 Å². The average molecular weight is 263 g/mol. The van der Waals surface area contributed by atoms with Crippen LogP contribution in [-0.2, 0) is 4.79 Å². The van der Waals surface area contributed by atoms with Crippen LogP contribution in [-0.4, -0.2) is 18.8 Å². The van der Waals surface area contributed by atoms with Gasteiger partial charge in [-0.1, -0.05) is 13.8 Å². The molecule has 0 atom stereocenters. The van der Waals surface area contributed by atoms with Crippen molar-refractivity contribution in [2.75, 3.05) is 7.11 Å². The number of hydrogen-bond donors (Lipinski definition) is 1. The van der Waals surface area contributed by atoms with Crippen LogP contribution in [0.5, 0.6) is 5.75 Å². The van der Waals surface area contributed by atoms with Gasteiger partial charge >= 0.3 is 0 Å². The van der Waals surface area contributed by atoms with Crippen molar-refractivity contribution in [3.05, 3.63) is 28.8 Å². The van der Waals surface area contributed by atoms with Crippen molar-refractivity contribution in [2.24, 2.45) is 5.73 Å². The van der Waals surface area contributed by atoms with Gasteiger partial charge in [-0.25, -0.2) is 0 Å². The van der Waals surface area contributed by atoms with Crippen LogP contribution in [0, 0.1) is 6.92 Å². The van der Waals surface area contributed by atoms with Crippen molar-refractivity contribution < 1.29 is 14.3 Å². The molecular weight excluding hydrogens is 242 g/mol. The Morgan fingerprint density at radius 3 is 2.37 bits per heavy atom. The Bertz CT molecular complexity index is 492. The van der Waals surface area contributed by atoms with E-state index in [1.807, 2.05) is 32.9 Å². The van der Waals surface area contributed by atoms with Gasteiger partial charge in [-0.3, -0.25) is 9.59 Å². The molecule has 0 saturated heterocycles. The zero-order chi connectivity index (χ0) is 14.6. The first-order chi connectivity index (χ1) is 8.86. The number of hydrogen-bond acceptors (Lipinski definition) is 3. The predicted molar refractivity (Wildman–Crippen MR) is 74.6 cm³/mol. The summed E-state index contributed by atoms with van der Waals surface area (Å²) in [6.45, 7) is 5.96. The highest BCUT2D eigenvalue weighted by Crippen LogP contribution is 2.30. The van der Waals surface area contributed by atoms with Crippen molar-refractivity contribution in [2.45, 2.75) is 39.5 Å². The highest BCUT2D eigenvalue weighted by Gasteiger charge is 2.16. The van der Waals surface area contributed by atoms with E-state index in [0.717, 1.165) is 16.9 Å². The first-order valence-corrected chi connectivity index (χ1v) is 6.36. The molecule has 0 aliphatic carbocycles. The van der Waals surface area contributed by atoms with Gasteiger partial charge < -0.3 is 10.5 Å². The maximum Gasteiger partial charge on any atom is 0.217 e. The maximum absolute atomic E-state index is 12.1. The van der Waals surface area contributed by atoms with Gasteiger partial charge in [0.25, 0.3) is 0 Å². The van der Waals surface area contributed by atoms with E-state index >= 15 is 0 Å². The van der Waals surface area contributed by atoms with Gasteiger partial charge in [-0.05, 0) is 36.1 Å². The molecule has 1 aromatic rings. The lowest BCUT2D eigenvalue weighted by atomic mass is 9.93.